The molecule has 1 aromatic rings. The van der Waals surface area contributed by atoms with Crippen molar-refractivity contribution in [3.63, 3.8) is 0 Å². The molecule has 5 nitrogen and oxygen atoms in total. The highest BCUT2D eigenvalue weighted by atomic mass is 127. The van der Waals surface area contributed by atoms with Gasteiger partial charge in [-0.3, -0.25) is 4.79 Å². The lowest BCUT2D eigenvalue weighted by atomic mass is 10.2. The van der Waals surface area contributed by atoms with Gasteiger partial charge < -0.3 is 16.4 Å². The Hall–Kier alpha value is -1.31. The van der Waals surface area contributed by atoms with Crippen molar-refractivity contribution < 1.29 is 9.59 Å². The van der Waals surface area contributed by atoms with Crippen LogP contribution in [0.4, 0.5) is 10.5 Å². The molecule has 4 N–H and O–H groups in total. The van der Waals surface area contributed by atoms with Crippen molar-refractivity contribution in [2.24, 2.45) is 5.73 Å². The summed E-state index contributed by atoms with van der Waals surface area (Å²) in [5.41, 5.74) is 6.98. The largest absolute Gasteiger partial charge is 0.352 e. The number of aryl methyl sites for hydroxylation is 1. The summed E-state index contributed by atoms with van der Waals surface area (Å²) in [7, 11) is 0. The monoisotopic (exact) mass is 389 g/mol. The lowest BCUT2D eigenvalue weighted by Gasteiger charge is -2.07. The number of anilines is 1. The van der Waals surface area contributed by atoms with E-state index in [4.69, 9.17) is 5.73 Å². The van der Waals surface area contributed by atoms with Crippen LogP contribution in [0.5, 0.6) is 0 Å². The van der Waals surface area contributed by atoms with E-state index in [0.29, 0.717) is 13.0 Å². The average Bonchev–Trinajstić information content (AvgIpc) is 2.38. The number of hydrogen-bond donors (Lipinski definition) is 3. The van der Waals surface area contributed by atoms with Crippen LogP contribution in [0.25, 0.3) is 0 Å². The molecule has 0 atom stereocenters. The van der Waals surface area contributed by atoms with Crippen molar-refractivity contribution in [1.82, 2.24) is 5.32 Å². The number of carbonyl (C=O) groups excluding carboxylic acids is 2. The summed E-state index contributed by atoms with van der Waals surface area (Å²) in [5.74, 6) is 0.0208. The number of urea groups is 1. The van der Waals surface area contributed by atoms with Gasteiger partial charge >= 0.3 is 6.03 Å². The van der Waals surface area contributed by atoms with Gasteiger partial charge in [0.05, 0.1) is 0 Å². The predicted molar refractivity (Wildman–Crippen MR) is 88.6 cm³/mol. The number of benzene rings is 1. The quantitative estimate of drug-likeness (QED) is 0.495. The Balaban J connectivity index is 2.20. The number of primary amides is 1. The first-order valence-corrected chi connectivity index (χ1v) is 7.66. The molecule has 0 aliphatic rings. The maximum Gasteiger partial charge on any atom is 0.312 e. The van der Waals surface area contributed by atoms with Crippen molar-refractivity contribution in [3.8, 4) is 0 Å². The molecule has 0 radical (unpaired) electrons. The molecule has 1 rings (SSSR count). The highest BCUT2D eigenvalue weighted by Crippen LogP contribution is 2.17. The molecule has 0 unspecified atom stereocenters. The zero-order valence-electron chi connectivity index (χ0n) is 11.5. The number of unbranched alkanes of at least 4 members (excludes halogenated alkanes) is 2. The van der Waals surface area contributed by atoms with Crippen LogP contribution in [0.2, 0.25) is 0 Å². The van der Waals surface area contributed by atoms with Crippen LogP contribution >= 0.6 is 22.6 Å². The van der Waals surface area contributed by atoms with Crippen LogP contribution in [0.15, 0.2) is 18.2 Å². The van der Waals surface area contributed by atoms with Crippen molar-refractivity contribution in [2.75, 3.05) is 11.9 Å². The fourth-order valence-electron chi connectivity index (χ4n) is 1.69. The molecule has 0 aliphatic carbocycles. The van der Waals surface area contributed by atoms with Gasteiger partial charge in [-0.1, -0.05) is 12.5 Å². The Morgan fingerprint density at radius 3 is 2.65 bits per heavy atom. The van der Waals surface area contributed by atoms with Crippen molar-refractivity contribution in [3.05, 3.63) is 27.3 Å². The number of carbonyl (C=O) groups is 2. The van der Waals surface area contributed by atoms with Gasteiger partial charge in [0.2, 0.25) is 5.91 Å². The lowest BCUT2D eigenvalue weighted by molar-refractivity contribution is -0.116. The second-order valence-electron chi connectivity index (χ2n) is 4.61. The topological polar surface area (TPSA) is 84.2 Å². The second kappa shape index (κ2) is 8.78. The standard InChI is InChI=1S/C14H20IN3O2/c1-10-6-7-11(9-12(10)15)18-13(19)5-3-2-4-8-17-14(16)20/h6-7,9H,2-5,8H2,1H3,(H,18,19)(H3,16,17,20). The zero-order valence-corrected chi connectivity index (χ0v) is 13.7. The Bertz CT molecular complexity index is 477. The molecule has 1 aromatic carbocycles. The minimum Gasteiger partial charge on any atom is -0.352 e. The van der Waals surface area contributed by atoms with Gasteiger partial charge in [-0.25, -0.2) is 4.79 Å². The predicted octanol–water partition coefficient (Wildman–Crippen LogP) is 2.77. The number of nitrogens with one attached hydrogen (secondary N) is 2. The van der Waals surface area contributed by atoms with Gasteiger partial charge in [-0.05, 0) is 60.1 Å². The molecule has 0 aliphatic heterocycles. The van der Waals surface area contributed by atoms with E-state index in [1.165, 1.54) is 5.56 Å². The average molecular weight is 389 g/mol. The fourth-order valence-corrected chi connectivity index (χ4v) is 2.21. The Morgan fingerprint density at radius 1 is 1.25 bits per heavy atom. The van der Waals surface area contributed by atoms with Crippen LogP contribution in [-0.4, -0.2) is 18.5 Å². The number of amides is 3. The molecule has 6 heteroatoms. The third kappa shape index (κ3) is 6.74. The molecule has 0 bridgehead atoms. The zero-order chi connectivity index (χ0) is 15.0. The number of nitrogens with two attached hydrogens (primary N) is 1. The van der Waals surface area contributed by atoms with Crippen LogP contribution in [0.3, 0.4) is 0 Å². The summed E-state index contributed by atoms with van der Waals surface area (Å²) in [5, 5.41) is 5.41. The SMILES string of the molecule is Cc1ccc(NC(=O)CCCCCNC(N)=O)cc1I. The van der Waals surface area contributed by atoms with Crippen molar-refractivity contribution >= 4 is 40.2 Å². The van der Waals surface area contributed by atoms with E-state index in [9.17, 15) is 9.59 Å². The van der Waals surface area contributed by atoms with Crippen LogP contribution in [0.1, 0.15) is 31.2 Å². The molecule has 3 amide bonds. The van der Waals surface area contributed by atoms with Crippen LogP contribution < -0.4 is 16.4 Å². The molecular weight excluding hydrogens is 369 g/mol. The molecule has 0 spiro atoms. The van der Waals surface area contributed by atoms with Crippen molar-refractivity contribution in [2.45, 2.75) is 32.6 Å². The molecule has 0 heterocycles. The molecule has 110 valence electrons. The molecule has 0 saturated carbocycles. The Labute approximate surface area is 132 Å². The van der Waals surface area contributed by atoms with Crippen molar-refractivity contribution in [1.29, 1.82) is 0 Å². The Morgan fingerprint density at radius 2 is 2.00 bits per heavy atom. The van der Waals surface area contributed by atoms with Crippen LogP contribution in [0, 0.1) is 10.5 Å². The van der Waals surface area contributed by atoms with E-state index in [1.807, 2.05) is 25.1 Å². The maximum atomic E-state index is 11.7. The number of halogens is 1. The van der Waals surface area contributed by atoms with Gasteiger partial charge in [0.15, 0.2) is 0 Å². The second-order valence-corrected chi connectivity index (χ2v) is 5.78. The number of hydrogen-bond acceptors (Lipinski definition) is 2. The molecule has 0 fully saturated rings. The minimum absolute atomic E-state index is 0.0208. The van der Waals surface area contributed by atoms with Gasteiger partial charge in [0.25, 0.3) is 0 Å². The minimum atomic E-state index is -0.503. The summed E-state index contributed by atoms with van der Waals surface area (Å²) in [6.45, 7) is 2.60. The van der Waals surface area contributed by atoms with E-state index >= 15 is 0 Å². The normalized spacial score (nSPS) is 10.1. The third-order valence-electron chi connectivity index (χ3n) is 2.84. The summed E-state index contributed by atoms with van der Waals surface area (Å²) in [4.78, 5) is 22.2. The van der Waals surface area contributed by atoms with E-state index in [0.717, 1.165) is 28.5 Å². The summed E-state index contributed by atoms with van der Waals surface area (Å²) in [6.07, 6.45) is 3.01. The number of rotatable bonds is 7. The molecular formula is C14H20IN3O2. The third-order valence-corrected chi connectivity index (χ3v) is 4.00. The maximum absolute atomic E-state index is 11.7. The Kier molecular flexibility index (Phi) is 7.35. The van der Waals surface area contributed by atoms with Gasteiger partial charge in [0.1, 0.15) is 0 Å². The van der Waals surface area contributed by atoms with Gasteiger partial charge in [-0.15, -0.1) is 0 Å². The van der Waals surface area contributed by atoms with Gasteiger partial charge in [-0.2, -0.15) is 0 Å². The molecule has 0 saturated heterocycles. The van der Waals surface area contributed by atoms with Gasteiger partial charge in [0, 0.05) is 22.2 Å². The summed E-state index contributed by atoms with van der Waals surface area (Å²) >= 11 is 2.25. The fraction of sp³-hybridized carbons (Fsp3) is 0.429. The smallest absolute Gasteiger partial charge is 0.312 e. The molecule has 20 heavy (non-hydrogen) atoms. The summed E-state index contributed by atoms with van der Waals surface area (Å²) < 4.78 is 1.14. The summed E-state index contributed by atoms with van der Waals surface area (Å²) in [6, 6.07) is 5.36. The van der Waals surface area contributed by atoms with E-state index in [-0.39, 0.29) is 5.91 Å². The molecule has 0 aromatic heterocycles. The van der Waals surface area contributed by atoms with E-state index in [1.54, 1.807) is 0 Å². The van der Waals surface area contributed by atoms with E-state index in [2.05, 4.69) is 33.2 Å². The highest BCUT2D eigenvalue weighted by molar-refractivity contribution is 14.1. The first-order chi connectivity index (χ1) is 9.49. The first kappa shape index (κ1) is 16.7. The highest BCUT2D eigenvalue weighted by Gasteiger charge is 2.03. The lowest BCUT2D eigenvalue weighted by Crippen LogP contribution is -2.29. The van der Waals surface area contributed by atoms with E-state index < -0.39 is 6.03 Å². The van der Waals surface area contributed by atoms with Crippen LogP contribution in [-0.2, 0) is 4.79 Å². The first-order valence-electron chi connectivity index (χ1n) is 6.58.